The zero-order valence-corrected chi connectivity index (χ0v) is 12.2. The summed E-state index contributed by atoms with van der Waals surface area (Å²) in [6.45, 7) is 4.46. The molecule has 0 aliphatic carbocycles. The topological polar surface area (TPSA) is 62.7 Å². The number of piperidine rings is 1. The van der Waals surface area contributed by atoms with Gasteiger partial charge in [0, 0.05) is 19.3 Å². The summed E-state index contributed by atoms with van der Waals surface area (Å²) in [6, 6.07) is 3.27. The van der Waals surface area contributed by atoms with E-state index in [9.17, 15) is 9.90 Å². The molecule has 1 N–H and O–H groups in total. The van der Waals surface area contributed by atoms with Gasteiger partial charge in [-0.2, -0.15) is 0 Å². The summed E-state index contributed by atoms with van der Waals surface area (Å²) in [6.07, 6.45) is 6.66. The summed E-state index contributed by atoms with van der Waals surface area (Å²) in [5, 5.41) is 9.27. The molecular formula is C16H20N2O3. The lowest BCUT2D eigenvalue weighted by Gasteiger charge is -2.42. The fourth-order valence-corrected chi connectivity index (χ4v) is 3.18. The highest BCUT2D eigenvalue weighted by Gasteiger charge is 2.36. The highest BCUT2D eigenvalue weighted by atomic mass is 16.5. The molecule has 1 saturated heterocycles. The van der Waals surface area contributed by atoms with E-state index in [1.54, 1.807) is 18.3 Å². The van der Waals surface area contributed by atoms with E-state index < -0.39 is 5.97 Å². The molecule has 2 aliphatic heterocycles. The fourth-order valence-electron chi connectivity index (χ4n) is 3.18. The predicted octanol–water partition coefficient (Wildman–Crippen LogP) is 2.49. The number of aromatic carboxylic acids is 1. The van der Waals surface area contributed by atoms with Gasteiger partial charge in [0.2, 0.25) is 0 Å². The van der Waals surface area contributed by atoms with Crippen LogP contribution in [0.15, 0.2) is 30.0 Å². The van der Waals surface area contributed by atoms with Crippen LogP contribution in [0.1, 0.15) is 36.5 Å². The Morgan fingerprint density at radius 3 is 2.86 bits per heavy atom. The lowest BCUT2D eigenvalue weighted by molar-refractivity contribution is -0.0326. The van der Waals surface area contributed by atoms with Gasteiger partial charge in [-0.15, -0.1) is 0 Å². The molecule has 5 heteroatoms. The number of nitrogens with zero attached hydrogens (tertiary/aromatic N) is 2. The van der Waals surface area contributed by atoms with E-state index in [4.69, 9.17) is 4.74 Å². The van der Waals surface area contributed by atoms with Crippen molar-refractivity contribution in [2.45, 2.75) is 31.8 Å². The molecule has 5 nitrogen and oxygen atoms in total. The van der Waals surface area contributed by atoms with E-state index in [1.807, 2.05) is 0 Å². The van der Waals surface area contributed by atoms with E-state index in [-0.39, 0.29) is 11.2 Å². The lowest BCUT2D eigenvalue weighted by atomic mass is 9.87. The van der Waals surface area contributed by atoms with Crippen molar-refractivity contribution >= 4 is 11.8 Å². The summed E-state index contributed by atoms with van der Waals surface area (Å²) >= 11 is 0. The first-order valence-corrected chi connectivity index (χ1v) is 7.35. The third-order valence-electron chi connectivity index (χ3n) is 4.32. The summed E-state index contributed by atoms with van der Waals surface area (Å²) in [5.41, 5.74) is 1.50. The van der Waals surface area contributed by atoms with Crippen LogP contribution in [0.4, 0.5) is 5.82 Å². The number of carboxylic acids is 1. The van der Waals surface area contributed by atoms with E-state index in [0.29, 0.717) is 5.82 Å². The molecule has 112 valence electrons. The molecular weight excluding hydrogens is 268 g/mol. The Morgan fingerprint density at radius 2 is 2.19 bits per heavy atom. The smallest absolute Gasteiger partial charge is 0.339 e. The molecule has 1 aromatic heterocycles. The minimum absolute atomic E-state index is 0.156. The fraction of sp³-hybridized carbons (Fsp3) is 0.500. The van der Waals surface area contributed by atoms with Gasteiger partial charge in [-0.05, 0) is 38.3 Å². The van der Waals surface area contributed by atoms with E-state index in [1.165, 1.54) is 5.57 Å². The summed E-state index contributed by atoms with van der Waals surface area (Å²) < 4.78 is 6.00. The number of hydrogen-bond acceptors (Lipinski definition) is 4. The molecule has 1 aromatic rings. The largest absolute Gasteiger partial charge is 0.478 e. The number of ether oxygens (including phenoxy) is 1. The molecule has 0 bridgehead atoms. The number of carboxylic acid groups (broad SMARTS) is 1. The van der Waals surface area contributed by atoms with Crippen LogP contribution in [0.2, 0.25) is 0 Å². The number of anilines is 1. The molecule has 0 unspecified atom stereocenters. The second-order valence-electron chi connectivity index (χ2n) is 5.82. The first-order valence-electron chi connectivity index (χ1n) is 7.35. The maximum absolute atomic E-state index is 11.3. The number of rotatable bonds is 2. The SMILES string of the molecule is CC1=CC2(CCN(c3ncccc3C(=O)O)CC2)OCC1. The van der Waals surface area contributed by atoms with Crippen LogP contribution in [0, 0.1) is 0 Å². The molecule has 3 heterocycles. The second kappa shape index (κ2) is 5.48. The maximum atomic E-state index is 11.3. The van der Waals surface area contributed by atoms with Crippen molar-refractivity contribution in [2.24, 2.45) is 0 Å². The Balaban J connectivity index is 1.77. The van der Waals surface area contributed by atoms with Crippen LogP contribution in [0.25, 0.3) is 0 Å². The van der Waals surface area contributed by atoms with Crippen molar-refractivity contribution in [2.75, 3.05) is 24.6 Å². The van der Waals surface area contributed by atoms with Crippen molar-refractivity contribution in [3.63, 3.8) is 0 Å². The van der Waals surface area contributed by atoms with Gasteiger partial charge in [-0.1, -0.05) is 11.6 Å². The van der Waals surface area contributed by atoms with Gasteiger partial charge in [0.05, 0.1) is 12.2 Å². The van der Waals surface area contributed by atoms with Gasteiger partial charge < -0.3 is 14.7 Å². The van der Waals surface area contributed by atoms with Gasteiger partial charge in [0.1, 0.15) is 11.4 Å². The minimum Gasteiger partial charge on any atom is -0.478 e. The monoisotopic (exact) mass is 288 g/mol. The zero-order chi connectivity index (χ0) is 14.9. The molecule has 0 atom stereocenters. The Labute approximate surface area is 124 Å². The third-order valence-corrected chi connectivity index (χ3v) is 4.32. The second-order valence-corrected chi connectivity index (χ2v) is 5.82. The normalized spacial score (nSPS) is 21.2. The average Bonchev–Trinajstić information content (AvgIpc) is 2.48. The van der Waals surface area contributed by atoms with E-state index in [2.05, 4.69) is 22.9 Å². The maximum Gasteiger partial charge on any atom is 0.339 e. The number of hydrogen-bond donors (Lipinski definition) is 1. The number of carbonyl (C=O) groups is 1. The molecule has 1 fully saturated rings. The van der Waals surface area contributed by atoms with Crippen LogP contribution in [-0.2, 0) is 4.74 Å². The Hall–Kier alpha value is -1.88. The van der Waals surface area contributed by atoms with Gasteiger partial charge in [-0.25, -0.2) is 9.78 Å². The summed E-state index contributed by atoms with van der Waals surface area (Å²) in [4.78, 5) is 17.6. The van der Waals surface area contributed by atoms with Gasteiger partial charge in [0.25, 0.3) is 0 Å². The van der Waals surface area contributed by atoms with Crippen molar-refractivity contribution in [3.8, 4) is 0 Å². The van der Waals surface area contributed by atoms with Crippen LogP contribution in [0.5, 0.6) is 0 Å². The predicted molar refractivity (Wildman–Crippen MR) is 79.7 cm³/mol. The van der Waals surface area contributed by atoms with Crippen molar-refractivity contribution in [1.29, 1.82) is 0 Å². The highest BCUT2D eigenvalue weighted by molar-refractivity contribution is 5.93. The quantitative estimate of drug-likeness (QED) is 0.847. The van der Waals surface area contributed by atoms with Crippen LogP contribution >= 0.6 is 0 Å². The molecule has 3 rings (SSSR count). The van der Waals surface area contributed by atoms with E-state index in [0.717, 1.165) is 39.0 Å². The number of pyridine rings is 1. The summed E-state index contributed by atoms with van der Waals surface area (Å²) in [5.74, 6) is -0.362. The van der Waals surface area contributed by atoms with Crippen molar-refractivity contribution in [3.05, 3.63) is 35.5 Å². The Morgan fingerprint density at radius 1 is 1.43 bits per heavy atom. The molecule has 21 heavy (non-hydrogen) atoms. The Bertz CT molecular complexity index is 575. The molecule has 2 aliphatic rings. The first-order chi connectivity index (χ1) is 10.1. The highest BCUT2D eigenvalue weighted by Crippen LogP contribution is 2.34. The summed E-state index contributed by atoms with van der Waals surface area (Å²) in [7, 11) is 0. The molecule has 1 spiro atoms. The van der Waals surface area contributed by atoms with Gasteiger partial charge in [0.15, 0.2) is 0 Å². The van der Waals surface area contributed by atoms with Crippen LogP contribution in [0.3, 0.4) is 0 Å². The van der Waals surface area contributed by atoms with Crippen LogP contribution in [-0.4, -0.2) is 41.4 Å². The number of aromatic nitrogens is 1. The molecule has 0 aromatic carbocycles. The molecule has 0 saturated carbocycles. The van der Waals surface area contributed by atoms with Crippen molar-refractivity contribution < 1.29 is 14.6 Å². The van der Waals surface area contributed by atoms with Crippen LogP contribution < -0.4 is 4.90 Å². The third kappa shape index (κ3) is 2.78. The lowest BCUT2D eigenvalue weighted by Crippen LogP contribution is -2.47. The zero-order valence-electron chi connectivity index (χ0n) is 12.2. The van der Waals surface area contributed by atoms with Crippen molar-refractivity contribution in [1.82, 2.24) is 4.98 Å². The molecule has 0 radical (unpaired) electrons. The minimum atomic E-state index is -0.928. The average molecular weight is 288 g/mol. The van der Waals surface area contributed by atoms with Gasteiger partial charge >= 0.3 is 5.97 Å². The first kappa shape index (κ1) is 14.1. The standard InChI is InChI=1S/C16H20N2O3/c1-12-4-10-21-16(11-12)5-8-18(9-6-16)14-13(15(19)20)3-2-7-17-14/h2-3,7,11H,4-6,8-10H2,1H3,(H,19,20). The van der Waals surface area contributed by atoms with Gasteiger partial charge in [-0.3, -0.25) is 0 Å². The Kier molecular flexibility index (Phi) is 3.68. The molecule has 0 amide bonds. The van der Waals surface area contributed by atoms with E-state index >= 15 is 0 Å².